The molecule has 5 heteroatoms. The van der Waals surface area contributed by atoms with Gasteiger partial charge in [0.2, 0.25) is 0 Å². The fourth-order valence-corrected chi connectivity index (χ4v) is 1.60. The van der Waals surface area contributed by atoms with Crippen molar-refractivity contribution in [3.05, 3.63) is 81.7 Å². The van der Waals surface area contributed by atoms with Crippen LogP contribution in [-0.2, 0) is 0 Å². The number of nitrogens with zero attached hydrogens (tertiary/aromatic N) is 1. The van der Waals surface area contributed by atoms with Gasteiger partial charge in [0.15, 0.2) is 0 Å². The molecule has 0 saturated carbocycles. The number of allylic oxidation sites excluding steroid dienone is 1. The van der Waals surface area contributed by atoms with E-state index in [1.54, 1.807) is 18.2 Å². The third kappa shape index (κ3) is 3.35. The lowest BCUT2D eigenvalue weighted by Gasteiger charge is -1.93. The third-order valence-corrected chi connectivity index (χ3v) is 2.68. The number of ketones is 1. The average Bonchev–Trinajstić information content (AvgIpc) is 2.46. The maximum Gasteiger partial charge on any atom is 0.347 e. The SMILES string of the molecule is O=[N+]([O-])c1ccc(/C=C/C(=[OH+])c2ccc(F)cc2)cc1. The summed E-state index contributed by atoms with van der Waals surface area (Å²) in [5.74, 6) is -0.385. The predicted molar refractivity (Wildman–Crippen MR) is 74.6 cm³/mol. The molecule has 2 aromatic carbocycles. The van der Waals surface area contributed by atoms with Gasteiger partial charge >= 0.3 is 5.78 Å². The number of benzene rings is 2. The Labute approximate surface area is 114 Å². The fraction of sp³-hybridized carbons (Fsp3) is 0. The van der Waals surface area contributed by atoms with Gasteiger partial charge in [0, 0.05) is 18.2 Å². The topological polar surface area (TPSA) is 64.5 Å². The molecule has 0 atom stereocenters. The Bertz CT molecular complexity index is 661. The van der Waals surface area contributed by atoms with Crippen LogP contribution in [0.3, 0.4) is 0 Å². The molecular weight excluding hydrogens is 261 g/mol. The molecule has 0 unspecified atom stereocenters. The number of rotatable bonds is 4. The Hall–Kier alpha value is -2.82. The van der Waals surface area contributed by atoms with Crippen molar-refractivity contribution in [3.63, 3.8) is 0 Å². The molecule has 20 heavy (non-hydrogen) atoms. The first-order valence-corrected chi connectivity index (χ1v) is 5.80. The average molecular weight is 272 g/mol. The summed E-state index contributed by atoms with van der Waals surface area (Å²) in [5, 5.41) is 10.5. The van der Waals surface area contributed by atoms with E-state index in [1.807, 2.05) is 0 Å². The van der Waals surface area contributed by atoms with Crippen molar-refractivity contribution in [2.45, 2.75) is 0 Å². The number of hydrogen-bond donors (Lipinski definition) is 0. The van der Waals surface area contributed by atoms with Crippen molar-refractivity contribution < 1.29 is 14.1 Å². The minimum atomic E-state index is -0.477. The summed E-state index contributed by atoms with van der Waals surface area (Å²) in [6, 6.07) is 11.4. The van der Waals surface area contributed by atoms with Crippen molar-refractivity contribution in [3.8, 4) is 0 Å². The summed E-state index contributed by atoms with van der Waals surface area (Å²) < 4.78 is 12.7. The zero-order chi connectivity index (χ0) is 14.5. The van der Waals surface area contributed by atoms with Crippen LogP contribution >= 0.6 is 0 Å². The third-order valence-electron chi connectivity index (χ3n) is 2.68. The molecule has 4 nitrogen and oxygen atoms in total. The zero-order valence-corrected chi connectivity index (χ0v) is 10.4. The maximum atomic E-state index is 12.7. The van der Waals surface area contributed by atoms with Crippen LogP contribution in [0.2, 0.25) is 0 Å². The lowest BCUT2D eigenvalue weighted by molar-refractivity contribution is -0.384. The molecule has 0 saturated heterocycles. The highest BCUT2D eigenvalue weighted by Crippen LogP contribution is 2.13. The van der Waals surface area contributed by atoms with Crippen LogP contribution in [0.1, 0.15) is 11.1 Å². The van der Waals surface area contributed by atoms with Gasteiger partial charge in [-0.15, -0.1) is 0 Å². The van der Waals surface area contributed by atoms with Crippen LogP contribution in [0.15, 0.2) is 54.6 Å². The van der Waals surface area contributed by atoms with Gasteiger partial charge in [0.1, 0.15) is 5.82 Å². The molecule has 0 fully saturated rings. The van der Waals surface area contributed by atoms with Gasteiger partial charge in [-0.05, 0) is 48.0 Å². The van der Waals surface area contributed by atoms with E-state index < -0.39 is 4.92 Å². The van der Waals surface area contributed by atoms with Crippen LogP contribution in [0, 0.1) is 15.9 Å². The van der Waals surface area contributed by atoms with Crippen LogP contribution in [0.4, 0.5) is 10.1 Å². The molecule has 0 spiro atoms. The van der Waals surface area contributed by atoms with Gasteiger partial charge < -0.3 is 0 Å². The normalized spacial score (nSPS) is 10.7. The van der Waals surface area contributed by atoms with Crippen LogP contribution in [0.25, 0.3) is 6.08 Å². The van der Waals surface area contributed by atoms with Gasteiger partial charge in [0.05, 0.1) is 10.5 Å². The van der Waals surface area contributed by atoms with Crippen molar-refractivity contribution >= 4 is 17.5 Å². The summed E-state index contributed by atoms with van der Waals surface area (Å²) in [7, 11) is 0. The fourth-order valence-electron chi connectivity index (χ4n) is 1.60. The Balaban J connectivity index is 2.10. The number of non-ortho nitro benzene ring substituents is 1. The summed E-state index contributed by atoms with van der Waals surface area (Å²) in [6.45, 7) is 0. The summed E-state index contributed by atoms with van der Waals surface area (Å²) in [5.41, 5.74) is 1.21. The molecule has 0 amide bonds. The Kier molecular flexibility index (Phi) is 4.00. The predicted octanol–water partition coefficient (Wildman–Crippen LogP) is 3.34. The first kappa shape index (κ1) is 13.6. The number of nitro groups is 1. The second-order valence-corrected chi connectivity index (χ2v) is 4.07. The minimum Gasteiger partial charge on any atom is -0.273 e. The zero-order valence-electron chi connectivity index (χ0n) is 10.4. The Morgan fingerprint density at radius 3 is 2.25 bits per heavy atom. The molecule has 2 aromatic rings. The molecule has 0 bridgehead atoms. The molecular formula is C15H11FNO3+. The molecule has 0 aromatic heterocycles. The van der Waals surface area contributed by atoms with E-state index in [4.69, 9.17) is 0 Å². The molecule has 0 aliphatic rings. The first-order valence-electron chi connectivity index (χ1n) is 5.80. The van der Waals surface area contributed by atoms with E-state index in [1.165, 1.54) is 42.5 Å². The summed E-state index contributed by atoms with van der Waals surface area (Å²) >= 11 is 0. The van der Waals surface area contributed by atoms with Gasteiger partial charge in [-0.2, -0.15) is 0 Å². The standard InChI is InChI=1S/C15H10FNO3/c16-13-6-4-12(5-7-13)15(18)10-3-11-1-8-14(9-2-11)17(19)20/h1-10H/p+1/b10-3+. The van der Waals surface area contributed by atoms with Crippen molar-refractivity contribution in [1.82, 2.24) is 0 Å². The van der Waals surface area contributed by atoms with E-state index >= 15 is 0 Å². The van der Waals surface area contributed by atoms with E-state index in [2.05, 4.69) is 0 Å². The van der Waals surface area contributed by atoms with Gasteiger partial charge in [-0.25, -0.2) is 4.39 Å². The maximum absolute atomic E-state index is 12.7. The first-order chi connectivity index (χ1) is 9.56. The number of hydrogen-bond acceptors (Lipinski definition) is 2. The summed E-state index contributed by atoms with van der Waals surface area (Å²) in [6.07, 6.45) is 3.07. The van der Waals surface area contributed by atoms with Gasteiger partial charge in [-0.3, -0.25) is 14.9 Å². The molecule has 100 valence electrons. The number of carbonyl (C=O) groups excluding carboxylic acids is 1. The Morgan fingerprint density at radius 1 is 1.10 bits per heavy atom. The highest BCUT2D eigenvalue weighted by Gasteiger charge is 2.08. The van der Waals surface area contributed by atoms with Crippen molar-refractivity contribution in [2.75, 3.05) is 0 Å². The van der Waals surface area contributed by atoms with Gasteiger partial charge in [0.25, 0.3) is 5.69 Å². The minimum absolute atomic E-state index is 0.00823. The molecule has 0 aliphatic carbocycles. The highest BCUT2D eigenvalue weighted by molar-refractivity contribution is 6.07. The van der Waals surface area contributed by atoms with Crippen molar-refractivity contribution in [1.29, 1.82) is 0 Å². The largest absolute Gasteiger partial charge is 0.347 e. The van der Waals surface area contributed by atoms with E-state index in [0.717, 1.165) is 0 Å². The van der Waals surface area contributed by atoms with Gasteiger partial charge in [-0.1, -0.05) is 0 Å². The number of halogens is 1. The smallest absolute Gasteiger partial charge is 0.273 e. The monoisotopic (exact) mass is 272 g/mol. The van der Waals surface area contributed by atoms with Crippen LogP contribution in [0.5, 0.6) is 0 Å². The lowest BCUT2D eigenvalue weighted by Crippen LogP contribution is -1.95. The quantitative estimate of drug-likeness (QED) is 0.282. The number of nitro benzene ring substituents is 1. The second kappa shape index (κ2) is 5.88. The summed E-state index contributed by atoms with van der Waals surface area (Å²) in [4.78, 5) is 19.8. The second-order valence-electron chi connectivity index (χ2n) is 4.07. The molecule has 2 rings (SSSR count). The van der Waals surface area contributed by atoms with Crippen LogP contribution < -0.4 is 0 Å². The molecule has 0 heterocycles. The van der Waals surface area contributed by atoms with E-state index in [-0.39, 0.29) is 17.3 Å². The Morgan fingerprint density at radius 2 is 1.70 bits per heavy atom. The van der Waals surface area contributed by atoms with Crippen LogP contribution in [-0.4, -0.2) is 15.5 Å². The van der Waals surface area contributed by atoms with E-state index in [9.17, 15) is 19.3 Å². The molecule has 0 aliphatic heterocycles. The lowest BCUT2D eigenvalue weighted by atomic mass is 10.1. The van der Waals surface area contributed by atoms with E-state index in [0.29, 0.717) is 11.1 Å². The molecule has 1 N–H and O–H groups in total. The van der Waals surface area contributed by atoms with Crippen molar-refractivity contribution in [2.24, 2.45) is 0 Å². The highest BCUT2D eigenvalue weighted by atomic mass is 19.1. The molecule has 0 radical (unpaired) electrons.